The molecule has 1 N–H and O–H groups in total. The first kappa shape index (κ1) is 14.1. The lowest BCUT2D eigenvalue weighted by Crippen LogP contribution is -2.22. The van der Waals surface area contributed by atoms with Crippen LogP contribution >= 0.6 is 22.9 Å². The highest BCUT2D eigenvalue weighted by Gasteiger charge is 2.32. The molecule has 1 aliphatic rings. The first-order chi connectivity index (χ1) is 9.78. The van der Waals surface area contributed by atoms with Gasteiger partial charge in [-0.2, -0.15) is 0 Å². The summed E-state index contributed by atoms with van der Waals surface area (Å²) in [4.78, 5) is 1.48. The van der Waals surface area contributed by atoms with Gasteiger partial charge in [0.25, 0.3) is 0 Å². The number of rotatable bonds is 6. The van der Waals surface area contributed by atoms with Crippen molar-refractivity contribution in [2.24, 2.45) is 5.92 Å². The van der Waals surface area contributed by atoms with E-state index < -0.39 is 0 Å². The van der Waals surface area contributed by atoms with Crippen LogP contribution in [0.25, 0.3) is 0 Å². The SMILES string of the molecule is CCc1ccsc1CNC(c1ccc(Cl)cc1)C1CC1. The minimum absolute atomic E-state index is 0.471. The lowest BCUT2D eigenvalue weighted by molar-refractivity contribution is 0.482. The second kappa shape index (κ2) is 6.30. The Hall–Kier alpha value is -0.830. The molecule has 2 aromatic rings. The van der Waals surface area contributed by atoms with Crippen LogP contribution in [0.3, 0.4) is 0 Å². The van der Waals surface area contributed by atoms with E-state index in [1.807, 2.05) is 23.5 Å². The third kappa shape index (κ3) is 3.25. The minimum Gasteiger partial charge on any atom is -0.305 e. The van der Waals surface area contributed by atoms with E-state index in [9.17, 15) is 0 Å². The van der Waals surface area contributed by atoms with Crippen LogP contribution in [-0.2, 0) is 13.0 Å². The fourth-order valence-corrected chi connectivity index (χ4v) is 3.75. The Labute approximate surface area is 130 Å². The van der Waals surface area contributed by atoms with E-state index in [1.54, 1.807) is 0 Å². The van der Waals surface area contributed by atoms with Gasteiger partial charge >= 0.3 is 0 Å². The molecule has 1 atom stereocenters. The highest BCUT2D eigenvalue weighted by atomic mass is 35.5. The predicted octanol–water partition coefficient (Wildman–Crippen LogP) is 5.20. The third-order valence-electron chi connectivity index (χ3n) is 4.02. The second-order valence-electron chi connectivity index (χ2n) is 5.47. The molecule has 0 bridgehead atoms. The summed E-state index contributed by atoms with van der Waals surface area (Å²) < 4.78 is 0. The smallest absolute Gasteiger partial charge is 0.0406 e. The van der Waals surface area contributed by atoms with E-state index in [2.05, 4.69) is 35.8 Å². The molecule has 1 heterocycles. The lowest BCUT2D eigenvalue weighted by Gasteiger charge is -2.19. The zero-order valence-corrected chi connectivity index (χ0v) is 13.3. The van der Waals surface area contributed by atoms with E-state index in [1.165, 1.54) is 28.8 Å². The van der Waals surface area contributed by atoms with Crippen molar-refractivity contribution in [3.63, 3.8) is 0 Å². The number of hydrogen-bond donors (Lipinski definition) is 1. The molecule has 106 valence electrons. The fourth-order valence-electron chi connectivity index (χ4n) is 2.70. The first-order valence-corrected chi connectivity index (χ1v) is 8.57. The fraction of sp³-hybridized carbons (Fsp3) is 0.412. The van der Waals surface area contributed by atoms with E-state index in [4.69, 9.17) is 11.6 Å². The van der Waals surface area contributed by atoms with Gasteiger partial charge in [0, 0.05) is 22.5 Å². The third-order valence-corrected chi connectivity index (χ3v) is 5.24. The van der Waals surface area contributed by atoms with Gasteiger partial charge in [-0.15, -0.1) is 11.3 Å². The van der Waals surface area contributed by atoms with E-state index in [0.717, 1.165) is 23.9 Å². The van der Waals surface area contributed by atoms with E-state index >= 15 is 0 Å². The highest BCUT2D eigenvalue weighted by Crippen LogP contribution is 2.41. The van der Waals surface area contributed by atoms with Gasteiger partial charge in [-0.1, -0.05) is 30.7 Å². The molecule has 3 heteroatoms. The molecule has 1 aromatic heterocycles. The van der Waals surface area contributed by atoms with Crippen molar-refractivity contribution < 1.29 is 0 Å². The summed E-state index contributed by atoms with van der Waals surface area (Å²) in [5.74, 6) is 0.793. The van der Waals surface area contributed by atoms with Crippen molar-refractivity contribution in [2.45, 2.75) is 38.8 Å². The Bertz CT molecular complexity index is 557. The van der Waals surface area contributed by atoms with Gasteiger partial charge in [0.05, 0.1) is 0 Å². The molecule has 0 spiro atoms. The van der Waals surface area contributed by atoms with Crippen LogP contribution in [0.5, 0.6) is 0 Å². The Morgan fingerprint density at radius 1 is 1.25 bits per heavy atom. The van der Waals surface area contributed by atoms with Crippen molar-refractivity contribution in [2.75, 3.05) is 0 Å². The standard InChI is InChI=1S/C17H20ClNS/c1-2-12-9-10-20-16(12)11-19-17(13-3-4-13)14-5-7-15(18)8-6-14/h5-10,13,17,19H,2-4,11H2,1H3. The van der Waals surface area contributed by atoms with Gasteiger partial charge in [0.2, 0.25) is 0 Å². The van der Waals surface area contributed by atoms with Crippen LogP contribution in [0.2, 0.25) is 5.02 Å². The van der Waals surface area contributed by atoms with E-state index in [-0.39, 0.29) is 0 Å². The molecule has 1 aromatic carbocycles. The molecule has 1 fully saturated rings. The average molecular weight is 306 g/mol. The van der Waals surface area contributed by atoms with Crippen LogP contribution < -0.4 is 5.32 Å². The van der Waals surface area contributed by atoms with Crippen LogP contribution in [-0.4, -0.2) is 0 Å². The van der Waals surface area contributed by atoms with Crippen LogP contribution in [0.15, 0.2) is 35.7 Å². The number of halogens is 1. The monoisotopic (exact) mass is 305 g/mol. The second-order valence-corrected chi connectivity index (χ2v) is 6.91. The molecule has 0 aliphatic heterocycles. The average Bonchev–Trinajstić information content (AvgIpc) is 3.19. The minimum atomic E-state index is 0.471. The Morgan fingerprint density at radius 2 is 2.00 bits per heavy atom. The summed E-state index contributed by atoms with van der Waals surface area (Å²) in [7, 11) is 0. The first-order valence-electron chi connectivity index (χ1n) is 7.32. The summed E-state index contributed by atoms with van der Waals surface area (Å²) in [5, 5.41) is 6.78. The number of aryl methyl sites for hydroxylation is 1. The Balaban J connectivity index is 1.70. The Kier molecular flexibility index (Phi) is 4.45. The predicted molar refractivity (Wildman–Crippen MR) is 87.5 cm³/mol. The van der Waals surface area contributed by atoms with Gasteiger partial charge in [0.1, 0.15) is 0 Å². The van der Waals surface area contributed by atoms with Crippen molar-refractivity contribution in [3.8, 4) is 0 Å². The summed E-state index contributed by atoms with van der Waals surface area (Å²) in [6.45, 7) is 3.20. The molecule has 20 heavy (non-hydrogen) atoms. The Morgan fingerprint density at radius 3 is 2.65 bits per heavy atom. The van der Waals surface area contributed by atoms with Gasteiger partial charge in [-0.3, -0.25) is 0 Å². The van der Waals surface area contributed by atoms with Gasteiger partial charge in [0.15, 0.2) is 0 Å². The zero-order valence-electron chi connectivity index (χ0n) is 11.7. The lowest BCUT2D eigenvalue weighted by atomic mass is 10.0. The molecule has 1 aliphatic carbocycles. The van der Waals surface area contributed by atoms with Gasteiger partial charge < -0.3 is 5.32 Å². The molecule has 0 saturated heterocycles. The summed E-state index contributed by atoms with van der Waals surface area (Å²) in [6, 6.07) is 11.0. The maximum atomic E-state index is 5.99. The van der Waals surface area contributed by atoms with Gasteiger partial charge in [-0.05, 0) is 59.9 Å². The largest absolute Gasteiger partial charge is 0.305 e. The van der Waals surface area contributed by atoms with Crippen molar-refractivity contribution in [1.29, 1.82) is 0 Å². The van der Waals surface area contributed by atoms with Crippen molar-refractivity contribution in [3.05, 3.63) is 56.7 Å². The molecule has 3 rings (SSSR count). The molecule has 1 saturated carbocycles. The topological polar surface area (TPSA) is 12.0 Å². The summed E-state index contributed by atoms with van der Waals surface area (Å²) >= 11 is 7.85. The maximum Gasteiger partial charge on any atom is 0.0406 e. The van der Waals surface area contributed by atoms with Crippen LogP contribution in [0.1, 0.15) is 41.8 Å². The van der Waals surface area contributed by atoms with Crippen LogP contribution in [0, 0.1) is 5.92 Å². The molecule has 0 amide bonds. The quantitative estimate of drug-likeness (QED) is 0.773. The highest BCUT2D eigenvalue weighted by molar-refractivity contribution is 7.10. The van der Waals surface area contributed by atoms with Crippen molar-refractivity contribution in [1.82, 2.24) is 5.32 Å². The number of nitrogens with one attached hydrogen (secondary N) is 1. The molecule has 1 unspecified atom stereocenters. The number of benzene rings is 1. The molecular formula is C17H20ClNS. The van der Waals surface area contributed by atoms with Crippen LogP contribution in [0.4, 0.5) is 0 Å². The molecule has 0 radical (unpaired) electrons. The summed E-state index contributed by atoms with van der Waals surface area (Å²) in [5.41, 5.74) is 2.85. The maximum absolute atomic E-state index is 5.99. The zero-order chi connectivity index (χ0) is 13.9. The van der Waals surface area contributed by atoms with Crippen molar-refractivity contribution >= 4 is 22.9 Å². The summed E-state index contributed by atoms with van der Waals surface area (Å²) in [6.07, 6.45) is 3.80. The van der Waals surface area contributed by atoms with Gasteiger partial charge in [-0.25, -0.2) is 0 Å². The number of thiophene rings is 1. The van der Waals surface area contributed by atoms with E-state index in [0.29, 0.717) is 6.04 Å². The molecule has 1 nitrogen and oxygen atoms in total. The normalized spacial score (nSPS) is 16.3. The number of hydrogen-bond acceptors (Lipinski definition) is 2. The molecular weight excluding hydrogens is 286 g/mol.